The Balaban J connectivity index is 2.13. The molecular weight excluding hydrogens is 364 g/mol. The molecule has 0 saturated heterocycles. The number of carbonyl (C=O) groups is 1. The van der Waals surface area contributed by atoms with Gasteiger partial charge in [0.1, 0.15) is 5.75 Å². The van der Waals surface area contributed by atoms with Crippen molar-refractivity contribution in [3.63, 3.8) is 0 Å². The Labute approximate surface area is 154 Å². The van der Waals surface area contributed by atoms with Gasteiger partial charge in [-0.25, -0.2) is 8.42 Å². The second-order valence-corrected chi connectivity index (χ2v) is 8.72. The number of ether oxygens (including phenoxy) is 1. The van der Waals surface area contributed by atoms with E-state index in [-0.39, 0.29) is 12.6 Å². The molecule has 0 bridgehead atoms. The van der Waals surface area contributed by atoms with Crippen LogP contribution in [0.5, 0.6) is 5.75 Å². The zero-order valence-electron chi connectivity index (χ0n) is 14.6. The average molecular weight is 389 g/mol. The van der Waals surface area contributed by atoms with Crippen molar-refractivity contribution in [2.75, 3.05) is 25.2 Å². The highest BCUT2D eigenvalue weighted by molar-refractivity contribution is 7.88. The number of methoxy groups -OCH3 is 1. The molecule has 1 fully saturated rings. The lowest BCUT2D eigenvalue weighted by Gasteiger charge is -2.28. The number of hydrogen-bond acceptors (Lipinski definition) is 4. The molecule has 0 atom stereocenters. The average Bonchev–Trinajstić information content (AvgIpc) is 2.81. The van der Waals surface area contributed by atoms with Crippen LogP contribution in [0.15, 0.2) is 18.2 Å². The van der Waals surface area contributed by atoms with Gasteiger partial charge in [-0.1, -0.05) is 37.3 Å². The van der Waals surface area contributed by atoms with E-state index in [9.17, 15) is 13.2 Å². The molecule has 1 aliphatic carbocycles. The van der Waals surface area contributed by atoms with Gasteiger partial charge in [0.25, 0.3) is 0 Å². The lowest BCUT2D eigenvalue weighted by molar-refractivity contribution is -0.116. The van der Waals surface area contributed by atoms with Crippen molar-refractivity contribution in [1.29, 1.82) is 0 Å². The van der Waals surface area contributed by atoms with Crippen molar-refractivity contribution in [2.45, 2.75) is 44.6 Å². The molecule has 0 aliphatic heterocycles. The Morgan fingerprint density at radius 2 is 1.92 bits per heavy atom. The van der Waals surface area contributed by atoms with Crippen LogP contribution in [0.4, 0.5) is 5.69 Å². The van der Waals surface area contributed by atoms with Crippen LogP contribution in [-0.4, -0.2) is 44.6 Å². The van der Waals surface area contributed by atoms with Crippen molar-refractivity contribution in [1.82, 2.24) is 4.31 Å². The predicted octanol–water partition coefficient (Wildman–Crippen LogP) is 3.27. The first-order valence-corrected chi connectivity index (χ1v) is 10.6. The van der Waals surface area contributed by atoms with E-state index in [1.807, 2.05) is 0 Å². The number of nitrogens with zero attached hydrogens (tertiary/aromatic N) is 1. The maximum atomic E-state index is 12.5. The molecule has 0 spiro atoms. The summed E-state index contributed by atoms with van der Waals surface area (Å²) in [4.78, 5) is 12.5. The van der Waals surface area contributed by atoms with Crippen molar-refractivity contribution < 1.29 is 17.9 Å². The minimum Gasteiger partial charge on any atom is -0.495 e. The Kier molecular flexibility index (Phi) is 7.10. The maximum Gasteiger partial charge on any atom is 0.239 e. The molecule has 6 nitrogen and oxygen atoms in total. The Morgan fingerprint density at radius 1 is 1.28 bits per heavy atom. The third-order valence-electron chi connectivity index (χ3n) is 4.39. The van der Waals surface area contributed by atoms with E-state index in [1.54, 1.807) is 18.2 Å². The number of anilines is 1. The fourth-order valence-corrected chi connectivity index (χ4v) is 4.45. The standard InChI is InChI=1S/C17H25ClN2O4S/c1-24-16-10-9-13(18)11-15(16)19-17(21)12-20(25(2,22)23)14-7-5-3-4-6-8-14/h9-11,14H,3-8,12H2,1-2H3,(H,19,21). The van der Waals surface area contributed by atoms with E-state index >= 15 is 0 Å². The van der Waals surface area contributed by atoms with E-state index in [1.165, 1.54) is 11.4 Å². The highest BCUT2D eigenvalue weighted by Crippen LogP contribution is 2.28. The zero-order valence-corrected chi connectivity index (χ0v) is 16.2. The lowest BCUT2D eigenvalue weighted by atomic mass is 10.1. The molecular formula is C17H25ClN2O4S. The van der Waals surface area contributed by atoms with Crippen LogP contribution in [-0.2, 0) is 14.8 Å². The summed E-state index contributed by atoms with van der Waals surface area (Å²) in [6.45, 7) is -0.209. The Hall–Kier alpha value is -1.31. The molecule has 8 heteroatoms. The first-order valence-electron chi connectivity index (χ1n) is 8.41. The van der Waals surface area contributed by atoms with E-state index < -0.39 is 15.9 Å². The monoisotopic (exact) mass is 388 g/mol. The van der Waals surface area contributed by atoms with Crippen molar-refractivity contribution in [3.05, 3.63) is 23.2 Å². The number of benzene rings is 1. The summed E-state index contributed by atoms with van der Waals surface area (Å²) < 4.78 is 30.9. The molecule has 1 saturated carbocycles. The van der Waals surface area contributed by atoms with Gasteiger partial charge in [0, 0.05) is 11.1 Å². The van der Waals surface area contributed by atoms with Gasteiger partial charge in [-0.05, 0) is 31.0 Å². The number of halogens is 1. The molecule has 0 radical (unpaired) electrons. The van der Waals surface area contributed by atoms with Gasteiger partial charge in [-0.3, -0.25) is 4.79 Å². The van der Waals surface area contributed by atoms with Crippen LogP contribution >= 0.6 is 11.6 Å². The second-order valence-electron chi connectivity index (χ2n) is 6.35. The fourth-order valence-electron chi connectivity index (χ4n) is 3.17. The van der Waals surface area contributed by atoms with E-state index in [0.717, 1.165) is 44.8 Å². The van der Waals surface area contributed by atoms with Crippen LogP contribution in [0.25, 0.3) is 0 Å². The van der Waals surface area contributed by atoms with Crippen molar-refractivity contribution >= 4 is 33.2 Å². The third kappa shape index (κ3) is 5.87. The quantitative estimate of drug-likeness (QED) is 0.759. The summed E-state index contributed by atoms with van der Waals surface area (Å²) in [6, 6.07) is 4.76. The Morgan fingerprint density at radius 3 is 2.48 bits per heavy atom. The highest BCUT2D eigenvalue weighted by Gasteiger charge is 2.29. The SMILES string of the molecule is COc1ccc(Cl)cc1NC(=O)CN(C1CCCCCC1)S(C)(=O)=O. The van der Waals surface area contributed by atoms with Gasteiger partial charge in [0.2, 0.25) is 15.9 Å². The highest BCUT2D eigenvalue weighted by atomic mass is 35.5. The van der Waals surface area contributed by atoms with Crippen LogP contribution in [0.1, 0.15) is 38.5 Å². The third-order valence-corrected chi connectivity index (χ3v) is 5.91. The fraction of sp³-hybridized carbons (Fsp3) is 0.588. The Bertz CT molecular complexity index is 701. The normalized spacial score (nSPS) is 16.5. The maximum absolute atomic E-state index is 12.5. The van der Waals surface area contributed by atoms with Crippen LogP contribution < -0.4 is 10.1 Å². The minimum absolute atomic E-state index is 0.121. The molecule has 140 valence electrons. The molecule has 2 rings (SSSR count). The van der Waals surface area contributed by atoms with E-state index in [2.05, 4.69) is 5.32 Å². The molecule has 1 aliphatic rings. The first kappa shape index (κ1) is 20.0. The topological polar surface area (TPSA) is 75.7 Å². The zero-order chi connectivity index (χ0) is 18.4. The smallest absolute Gasteiger partial charge is 0.239 e. The van der Waals surface area contributed by atoms with Gasteiger partial charge >= 0.3 is 0 Å². The molecule has 0 aromatic heterocycles. The van der Waals surface area contributed by atoms with E-state index in [0.29, 0.717) is 16.5 Å². The summed E-state index contributed by atoms with van der Waals surface area (Å²) in [5, 5.41) is 3.16. The van der Waals surface area contributed by atoms with Gasteiger partial charge in [-0.2, -0.15) is 4.31 Å². The summed E-state index contributed by atoms with van der Waals surface area (Å²) in [7, 11) is -1.98. The van der Waals surface area contributed by atoms with Crippen LogP contribution in [0.2, 0.25) is 5.02 Å². The summed E-state index contributed by atoms with van der Waals surface area (Å²) in [5.41, 5.74) is 0.425. The summed E-state index contributed by atoms with van der Waals surface area (Å²) in [5.74, 6) is 0.0633. The predicted molar refractivity (Wildman–Crippen MR) is 99.7 cm³/mol. The van der Waals surface area contributed by atoms with Gasteiger partial charge < -0.3 is 10.1 Å². The van der Waals surface area contributed by atoms with Crippen molar-refractivity contribution in [3.8, 4) is 5.75 Å². The molecule has 1 amide bonds. The number of nitrogens with one attached hydrogen (secondary N) is 1. The van der Waals surface area contributed by atoms with Crippen LogP contribution in [0, 0.1) is 0 Å². The molecule has 1 N–H and O–H groups in total. The lowest BCUT2D eigenvalue weighted by Crippen LogP contribution is -2.44. The number of amides is 1. The molecule has 25 heavy (non-hydrogen) atoms. The number of carbonyl (C=O) groups excluding carboxylic acids is 1. The largest absolute Gasteiger partial charge is 0.495 e. The van der Waals surface area contributed by atoms with Gasteiger partial charge in [0.05, 0.1) is 25.6 Å². The number of sulfonamides is 1. The number of hydrogen-bond donors (Lipinski definition) is 1. The number of rotatable bonds is 6. The van der Waals surface area contributed by atoms with Crippen molar-refractivity contribution in [2.24, 2.45) is 0 Å². The molecule has 1 aromatic rings. The second kappa shape index (κ2) is 8.87. The van der Waals surface area contributed by atoms with E-state index in [4.69, 9.17) is 16.3 Å². The first-order chi connectivity index (χ1) is 11.8. The van der Waals surface area contributed by atoms with Gasteiger partial charge in [-0.15, -0.1) is 0 Å². The molecule has 0 unspecified atom stereocenters. The molecule has 0 heterocycles. The summed E-state index contributed by atoms with van der Waals surface area (Å²) in [6.07, 6.45) is 6.94. The molecule has 1 aromatic carbocycles. The summed E-state index contributed by atoms with van der Waals surface area (Å²) >= 11 is 5.96. The van der Waals surface area contributed by atoms with Gasteiger partial charge in [0.15, 0.2) is 0 Å². The minimum atomic E-state index is -3.48. The van der Waals surface area contributed by atoms with Crippen LogP contribution in [0.3, 0.4) is 0 Å².